The Balaban J connectivity index is 1.41. The molecule has 0 aliphatic rings. The number of phenols is 1. The quantitative estimate of drug-likeness (QED) is 0.320. The number of anilines is 2. The van der Waals surface area contributed by atoms with Crippen LogP contribution in [0.4, 0.5) is 11.5 Å². The lowest BCUT2D eigenvalue weighted by Crippen LogP contribution is -2.00. The van der Waals surface area contributed by atoms with Crippen molar-refractivity contribution in [3.63, 3.8) is 0 Å². The molecule has 32 heavy (non-hydrogen) atoms. The molecular weight excluding hydrogens is 420 g/mol. The van der Waals surface area contributed by atoms with Crippen molar-refractivity contribution in [2.45, 2.75) is 13.3 Å². The minimum absolute atomic E-state index is 0.152. The van der Waals surface area contributed by atoms with Gasteiger partial charge in [-0.3, -0.25) is 0 Å². The summed E-state index contributed by atoms with van der Waals surface area (Å²) in [7, 11) is 0. The van der Waals surface area contributed by atoms with Gasteiger partial charge < -0.3 is 14.8 Å². The first kappa shape index (κ1) is 18.8. The number of benzene rings is 3. The van der Waals surface area contributed by atoms with Crippen LogP contribution in [0.3, 0.4) is 0 Å². The maximum atomic E-state index is 10.7. The molecule has 0 bridgehead atoms. The van der Waals surface area contributed by atoms with Crippen molar-refractivity contribution in [1.29, 1.82) is 0 Å². The van der Waals surface area contributed by atoms with E-state index in [4.69, 9.17) is 4.42 Å². The number of thiazole rings is 1. The molecule has 0 unspecified atom stereocenters. The van der Waals surface area contributed by atoms with Crippen LogP contribution in [0.5, 0.6) is 5.75 Å². The van der Waals surface area contributed by atoms with Gasteiger partial charge >= 0.3 is 0 Å². The van der Waals surface area contributed by atoms with Crippen LogP contribution in [0.1, 0.15) is 12.7 Å². The smallest absolute Gasteiger partial charge is 0.196 e. The van der Waals surface area contributed by atoms with Gasteiger partial charge in [-0.25, -0.2) is 15.0 Å². The van der Waals surface area contributed by atoms with E-state index in [0.29, 0.717) is 29.1 Å². The molecule has 3 heterocycles. The lowest BCUT2D eigenvalue weighted by atomic mass is 10.2. The number of rotatable bonds is 4. The first-order chi connectivity index (χ1) is 15.7. The number of para-hydroxylation sites is 2. The van der Waals surface area contributed by atoms with Crippen LogP contribution < -0.4 is 5.32 Å². The highest BCUT2D eigenvalue weighted by atomic mass is 32.1. The second kappa shape index (κ2) is 7.32. The Kier molecular flexibility index (Phi) is 4.29. The molecule has 0 atom stereocenters. The summed E-state index contributed by atoms with van der Waals surface area (Å²) in [6, 6.07) is 21.2. The van der Waals surface area contributed by atoms with Gasteiger partial charge in [0.1, 0.15) is 27.7 Å². The topological polar surface area (TPSA) is 84.1 Å². The Bertz CT molecular complexity index is 1590. The van der Waals surface area contributed by atoms with E-state index in [9.17, 15) is 5.11 Å². The maximum absolute atomic E-state index is 10.7. The molecule has 6 rings (SSSR count). The molecule has 6 aromatic rings. The van der Waals surface area contributed by atoms with Gasteiger partial charge in [-0.2, -0.15) is 0 Å². The molecule has 3 aromatic carbocycles. The summed E-state index contributed by atoms with van der Waals surface area (Å²) >= 11 is 1.56. The Morgan fingerprint density at radius 3 is 2.66 bits per heavy atom. The summed E-state index contributed by atoms with van der Waals surface area (Å²) < 4.78 is 7.14. The Morgan fingerprint density at radius 1 is 0.969 bits per heavy atom. The molecule has 0 saturated carbocycles. The Labute approximate surface area is 187 Å². The van der Waals surface area contributed by atoms with Crippen LogP contribution in [0.15, 0.2) is 71.1 Å². The lowest BCUT2D eigenvalue weighted by Gasteiger charge is -2.09. The van der Waals surface area contributed by atoms with Gasteiger partial charge in [0.2, 0.25) is 0 Å². The second-order valence-electron chi connectivity index (χ2n) is 7.46. The summed E-state index contributed by atoms with van der Waals surface area (Å²) in [5.74, 6) is 1.46. The molecule has 156 valence electrons. The van der Waals surface area contributed by atoms with E-state index in [0.717, 1.165) is 37.5 Å². The highest BCUT2D eigenvalue weighted by Gasteiger charge is 2.16. The third-order valence-electron chi connectivity index (χ3n) is 5.37. The number of fused-ring (bicyclic) bond motifs is 4. The molecule has 0 radical (unpaired) electrons. The first-order valence-corrected chi connectivity index (χ1v) is 11.2. The van der Waals surface area contributed by atoms with E-state index in [-0.39, 0.29) is 5.75 Å². The van der Waals surface area contributed by atoms with Crippen molar-refractivity contribution >= 4 is 55.1 Å². The highest BCUT2D eigenvalue weighted by Crippen LogP contribution is 2.38. The zero-order chi connectivity index (χ0) is 21.7. The van der Waals surface area contributed by atoms with Crippen molar-refractivity contribution in [2.75, 3.05) is 5.32 Å². The summed E-state index contributed by atoms with van der Waals surface area (Å²) in [4.78, 5) is 14.0. The molecule has 0 saturated heterocycles. The lowest BCUT2D eigenvalue weighted by molar-refractivity contribution is 0.477. The molecule has 0 aliphatic heterocycles. The number of aromatic nitrogens is 3. The molecular formula is C25H18N4O2S. The number of hydrogen-bond donors (Lipinski definition) is 2. The van der Waals surface area contributed by atoms with Gasteiger partial charge in [-0.1, -0.05) is 31.2 Å². The maximum Gasteiger partial charge on any atom is 0.196 e. The van der Waals surface area contributed by atoms with Crippen molar-refractivity contribution in [3.05, 3.63) is 72.6 Å². The Morgan fingerprint density at radius 2 is 1.81 bits per heavy atom. The third-order valence-corrected chi connectivity index (χ3v) is 6.44. The zero-order valence-electron chi connectivity index (χ0n) is 17.2. The number of furan rings is 1. The fourth-order valence-corrected chi connectivity index (χ4v) is 4.79. The minimum Gasteiger partial charge on any atom is -0.507 e. The molecule has 0 aliphatic carbocycles. The highest BCUT2D eigenvalue weighted by molar-refractivity contribution is 7.21. The van der Waals surface area contributed by atoms with E-state index in [1.807, 2.05) is 67.6 Å². The van der Waals surface area contributed by atoms with Crippen molar-refractivity contribution in [1.82, 2.24) is 15.0 Å². The fraction of sp³-hybridized carbons (Fsp3) is 0.0800. The van der Waals surface area contributed by atoms with E-state index >= 15 is 0 Å². The standard InChI is InChI=1S/C25H18N4O2S/c1-2-21-28-22-16-7-3-5-9-19(16)31-23(22)24(29-21)26-14-11-12-15(18(30)13-14)25-27-17-8-4-6-10-20(17)32-25/h3-13,30H,2H2,1H3,(H,26,28,29). The van der Waals surface area contributed by atoms with Crippen LogP contribution in [0, 0.1) is 0 Å². The molecule has 6 nitrogen and oxygen atoms in total. The third kappa shape index (κ3) is 3.06. The monoisotopic (exact) mass is 438 g/mol. The molecule has 2 N–H and O–H groups in total. The normalized spacial score (nSPS) is 11.5. The average Bonchev–Trinajstić information content (AvgIpc) is 3.40. The van der Waals surface area contributed by atoms with Gasteiger partial charge in [0.15, 0.2) is 11.4 Å². The van der Waals surface area contributed by atoms with Gasteiger partial charge in [0.05, 0.1) is 15.8 Å². The summed E-state index contributed by atoms with van der Waals surface area (Å²) in [5.41, 5.74) is 4.47. The zero-order valence-corrected chi connectivity index (χ0v) is 18.0. The number of nitrogens with one attached hydrogen (secondary N) is 1. The SMILES string of the molecule is CCc1nc(Nc2ccc(-c3nc4ccccc4s3)c(O)c2)c2oc3ccccc3c2n1. The van der Waals surface area contributed by atoms with Gasteiger partial charge in [0, 0.05) is 23.6 Å². The molecule has 0 fully saturated rings. The van der Waals surface area contributed by atoms with Crippen LogP contribution in [-0.2, 0) is 6.42 Å². The number of hydrogen-bond acceptors (Lipinski definition) is 7. The predicted molar refractivity (Wildman–Crippen MR) is 129 cm³/mol. The molecule has 0 spiro atoms. The van der Waals surface area contributed by atoms with E-state index in [1.54, 1.807) is 17.4 Å². The summed E-state index contributed by atoms with van der Waals surface area (Å²) in [6.45, 7) is 2.02. The second-order valence-corrected chi connectivity index (χ2v) is 8.49. The first-order valence-electron chi connectivity index (χ1n) is 10.3. The van der Waals surface area contributed by atoms with Crippen molar-refractivity contribution < 1.29 is 9.52 Å². The van der Waals surface area contributed by atoms with Crippen LogP contribution >= 0.6 is 11.3 Å². The predicted octanol–water partition coefficient (Wildman–Crippen LogP) is 6.66. The van der Waals surface area contributed by atoms with Gasteiger partial charge in [-0.05, 0) is 36.4 Å². The molecule has 3 aromatic heterocycles. The number of nitrogens with zero attached hydrogens (tertiary/aromatic N) is 3. The Hall–Kier alpha value is -3.97. The number of aryl methyl sites for hydroxylation is 1. The van der Waals surface area contributed by atoms with E-state index in [1.165, 1.54) is 0 Å². The van der Waals surface area contributed by atoms with E-state index in [2.05, 4.69) is 20.3 Å². The largest absolute Gasteiger partial charge is 0.507 e. The molecule has 7 heteroatoms. The number of phenolic OH excluding ortho intramolecular Hbond substituents is 1. The van der Waals surface area contributed by atoms with Crippen molar-refractivity contribution in [3.8, 4) is 16.3 Å². The summed E-state index contributed by atoms with van der Waals surface area (Å²) in [5, 5.41) is 15.8. The van der Waals surface area contributed by atoms with Crippen LogP contribution in [0.25, 0.3) is 42.9 Å². The van der Waals surface area contributed by atoms with E-state index < -0.39 is 0 Å². The minimum atomic E-state index is 0.152. The average molecular weight is 439 g/mol. The number of aromatic hydroxyl groups is 1. The fourth-order valence-electron chi connectivity index (χ4n) is 3.79. The van der Waals surface area contributed by atoms with Gasteiger partial charge in [-0.15, -0.1) is 11.3 Å². The summed E-state index contributed by atoms with van der Waals surface area (Å²) in [6.07, 6.45) is 0.700. The molecule has 0 amide bonds. The van der Waals surface area contributed by atoms with Crippen LogP contribution in [0.2, 0.25) is 0 Å². The van der Waals surface area contributed by atoms with Crippen LogP contribution in [-0.4, -0.2) is 20.1 Å². The van der Waals surface area contributed by atoms with Crippen molar-refractivity contribution in [2.24, 2.45) is 0 Å². The van der Waals surface area contributed by atoms with Gasteiger partial charge in [0.25, 0.3) is 0 Å².